The van der Waals surface area contributed by atoms with E-state index in [0.717, 1.165) is 36.9 Å². The van der Waals surface area contributed by atoms with E-state index >= 15 is 0 Å². The third-order valence-electron chi connectivity index (χ3n) is 5.73. The molecule has 1 saturated carbocycles. The Hall–Kier alpha value is -3.62. The minimum Gasteiger partial charge on any atom is -0.348 e. The van der Waals surface area contributed by atoms with E-state index in [4.69, 9.17) is 0 Å². The molecule has 3 aromatic heterocycles. The van der Waals surface area contributed by atoms with Crippen molar-refractivity contribution in [2.75, 3.05) is 0 Å². The third-order valence-corrected chi connectivity index (χ3v) is 5.73. The summed E-state index contributed by atoms with van der Waals surface area (Å²) in [4.78, 5) is 41.0. The molecule has 0 atom stereocenters. The van der Waals surface area contributed by atoms with E-state index in [9.17, 15) is 14.4 Å². The average molecular weight is 435 g/mol. The van der Waals surface area contributed by atoms with E-state index in [2.05, 4.69) is 20.5 Å². The van der Waals surface area contributed by atoms with Gasteiger partial charge in [0.15, 0.2) is 0 Å². The van der Waals surface area contributed by atoms with Crippen LogP contribution in [0.5, 0.6) is 0 Å². The number of carbonyl (C=O) groups excluding carboxylic acids is 1. The Labute approximate surface area is 185 Å². The molecule has 0 aliphatic heterocycles. The lowest BCUT2D eigenvalue weighted by atomic mass is 9.91. The fourth-order valence-electron chi connectivity index (χ4n) is 4.00. The van der Waals surface area contributed by atoms with Gasteiger partial charge >= 0.3 is 0 Å². The highest BCUT2D eigenvalue weighted by Gasteiger charge is 2.26. The Morgan fingerprint density at radius 2 is 1.62 bits per heavy atom. The van der Waals surface area contributed by atoms with Crippen molar-refractivity contribution in [3.8, 4) is 11.3 Å². The lowest BCUT2D eigenvalue weighted by Gasteiger charge is -2.29. The molecule has 3 heterocycles. The van der Waals surface area contributed by atoms with E-state index in [1.165, 1.54) is 16.8 Å². The number of nitrogens with one attached hydrogen (secondary N) is 1. The van der Waals surface area contributed by atoms with Gasteiger partial charge in [0.05, 0.1) is 17.8 Å². The Morgan fingerprint density at radius 1 is 0.938 bits per heavy atom. The first-order valence-corrected chi connectivity index (χ1v) is 10.8. The second-order valence-electron chi connectivity index (χ2n) is 8.31. The van der Waals surface area contributed by atoms with Crippen molar-refractivity contribution in [2.45, 2.75) is 57.7 Å². The number of carbonyl (C=O) groups is 1. The van der Waals surface area contributed by atoms with Crippen LogP contribution in [0.3, 0.4) is 0 Å². The molecule has 1 aliphatic carbocycles. The summed E-state index contributed by atoms with van der Waals surface area (Å²) in [7, 11) is 0. The van der Waals surface area contributed by atoms with E-state index < -0.39 is 0 Å². The topological polar surface area (TPSA) is 112 Å². The minimum atomic E-state index is -0.294. The SMILES string of the molecule is CC(C)n1nc(C(=O)NC2CCC(n3nc(-c4ccncc4)ccc3=O)CC2)ccc1=O. The summed E-state index contributed by atoms with van der Waals surface area (Å²) >= 11 is 0. The highest BCUT2D eigenvalue weighted by atomic mass is 16.2. The molecule has 1 amide bonds. The number of hydrogen-bond donors (Lipinski definition) is 1. The van der Waals surface area contributed by atoms with Gasteiger partial charge in [0.1, 0.15) is 5.69 Å². The molecule has 32 heavy (non-hydrogen) atoms. The number of hydrogen-bond acceptors (Lipinski definition) is 6. The van der Waals surface area contributed by atoms with Gasteiger partial charge in [0, 0.05) is 36.1 Å². The van der Waals surface area contributed by atoms with Crippen molar-refractivity contribution in [2.24, 2.45) is 0 Å². The summed E-state index contributed by atoms with van der Waals surface area (Å²) in [6.07, 6.45) is 6.32. The zero-order valence-corrected chi connectivity index (χ0v) is 18.1. The largest absolute Gasteiger partial charge is 0.348 e. The second kappa shape index (κ2) is 9.25. The van der Waals surface area contributed by atoms with Crippen LogP contribution in [0.4, 0.5) is 0 Å². The number of amides is 1. The Morgan fingerprint density at radius 3 is 2.31 bits per heavy atom. The van der Waals surface area contributed by atoms with Gasteiger partial charge in [0.25, 0.3) is 17.0 Å². The fraction of sp³-hybridized carbons (Fsp3) is 0.391. The van der Waals surface area contributed by atoms with Crippen LogP contribution in [0, 0.1) is 0 Å². The summed E-state index contributed by atoms with van der Waals surface area (Å²) in [6.45, 7) is 3.69. The lowest BCUT2D eigenvalue weighted by Crippen LogP contribution is -2.40. The zero-order chi connectivity index (χ0) is 22.7. The molecule has 9 nitrogen and oxygen atoms in total. The van der Waals surface area contributed by atoms with Crippen LogP contribution in [0.2, 0.25) is 0 Å². The van der Waals surface area contributed by atoms with Gasteiger partial charge in [-0.15, -0.1) is 0 Å². The van der Waals surface area contributed by atoms with Gasteiger partial charge < -0.3 is 5.32 Å². The Bertz CT molecular complexity index is 1210. The van der Waals surface area contributed by atoms with Crippen molar-refractivity contribution in [3.63, 3.8) is 0 Å². The first kappa shape index (κ1) is 21.6. The van der Waals surface area contributed by atoms with Crippen molar-refractivity contribution >= 4 is 5.91 Å². The molecule has 1 fully saturated rings. The third kappa shape index (κ3) is 4.66. The standard InChI is InChI=1S/C23H26N6O3/c1-15(2)28-21(30)10-8-20(27-28)23(32)25-17-3-5-18(6-4-17)29-22(31)9-7-19(26-29)16-11-13-24-14-12-16/h7-15,17-18H,3-6H2,1-2H3,(H,25,32). The molecule has 9 heteroatoms. The molecule has 166 valence electrons. The lowest BCUT2D eigenvalue weighted by molar-refractivity contribution is 0.0913. The van der Waals surface area contributed by atoms with Crippen LogP contribution in [0.25, 0.3) is 11.3 Å². The molecule has 0 unspecified atom stereocenters. The van der Waals surface area contributed by atoms with Gasteiger partial charge in [-0.25, -0.2) is 9.36 Å². The van der Waals surface area contributed by atoms with Crippen molar-refractivity contribution in [1.82, 2.24) is 29.9 Å². The molecule has 0 saturated heterocycles. The van der Waals surface area contributed by atoms with E-state index in [0.29, 0.717) is 0 Å². The first-order valence-electron chi connectivity index (χ1n) is 10.8. The molecule has 0 radical (unpaired) electrons. The highest BCUT2D eigenvalue weighted by molar-refractivity contribution is 5.92. The predicted octanol–water partition coefficient (Wildman–Crippen LogP) is 2.36. The van der Waals surface area contributed by atoms with Crippen LogP contribution in [0.15, 0.2) is 58.4 Å². The summed E-state index contributed by atoms with van der Waals surface area (Å²) in [5.41, 5.74) is 1.50. The number of nitrogens with zero attached hydrogens (tertiary/aromatic N) is 5. The minimum absolute atomic E-state index is 0.0148. The van der Waals surface area contributed by atoms with Crippen LogP contribution >= 0.6 is 0 Å². The van der Waals surface area contributed by atoms with E-state index in [1.807, 2.05) is 26.0 Å². The van der Waals surface area contributed by atoms with Gasteiger partial charge in [-0.3, -0.25) is 19.4 Å². The molecular weight excluding hydrogens is 408 g/mol. The van der Waals surface area contributed by atoms with Gasteiger partial charge in [-0.05, 0) is 63.8 Å². The van der Waals surface area contributed by atoms with Crippen LogP contribution in [-0.4, -0.2) is 36.5 Å². The van der Waals surface area contributed by atoms with Crippen LogP contribution in [-0.2, 0) is 0 Å². The number of aromatic nitrogens is 5. The molecule has 0 bridgehead atoms. The summed E-state index contributed by atoms with van der Waals surface area (Å²) in [6, 6.07) is 9.66. The number of rotatable bonds is 5. The molecule has 4 rings (SSSR count). The smallest absolute Gasteiger partial charge is 0.271 e. The van der Waals surface area contributed by atoms with Crippen LogP contribution < -0.4 is 16.4 Å². The monoisotopic (exact) mass is 434 g/mol. The molecule has 1 aliphatic rings. The first-order chi connectivity index (χ1) is 15.4. The quantitative estimate of drug-likeness (QED) is 0.660. The Kier molecular flexibility index (Phi) is 6.25. The molecule has 1 N–H and O–H groups in total. The van der Waals surface area contributed by atoms with Gasteiger partial charge in [0.2, 0.25) is 0 Å². The molecule has 0 aromatic carbocycles. The maximum absolute atomic E-state index is 12.6. The van der Waals surface area contributed by atoms with E-state index in [-0.39, 0.29) is 40.8 Å². The maximum Gasteiger partial charge on any atom is 0.271 e. The number of pyridine rings is 1. The molecule has 0 spiro atoms. The van der Waals surface area contributed by atoms with E-state index in [1.54, 1.807) is 29.2 Å². The van der Waals surface area contributed by atoms with Crippen molar-refractivity contribution in [3.05, 3.63) is 75.2 Å². The Balaban J connectivity index is 1.42. The summed E-state index contributed by atoms with van der Waals surface area (Å²) in [5, 5.41) is 11.8. The van der Waals surface area contributed by atoms with Gasteiger partial charge in [-0.2, -0.15) is 10.2 Å². The zero-order valence-electron chi connectivity index (χ0n) is 18.1. The average Bonchev–Trinajstić information content (AvgIpc) is 2.80. The fourth-order valence-corrected chi connectivity index (χ4v) is 4.00. The summed E-state index contributed by atoms with van der Waals surface area (Å²) in [5.74, 6) is -0.294. The van der Waals surface area contributed by atoms with Crippen molar-refractivity contribution in [1.29, 1.82) is 0 Å². The van der Waals surface area contributed by atoms with Crippen LogP contribution in [0.1, 0.15) is 62.1 Å². The molecule has 3 aromatic rings. The van der Waals surface area contributed by atoms with Crippen molar-refractivity contribution < 1.29 is 4.79 Å². The maximum atomic E-state index is 12.6. The normalized spacial score (nSPS) is 18.5. The highest BCUT2D eigenvalue weighted by Crippen LogP contribution is 2.27. The second-order valence-corrected chi connectivity index (χ2v) is 8.31. The summed E-state index contributed by atoms with van der Waals surface area (Å²) < 4.78 is 2.87. The molecular formula is C23H26N6O3. The van der Waals surface area contributed by atoms with Gasteiger partial charge in [-0.1, -0.05) is 0 Å². The predicted molar refractivity (Wildman–Crippen MR) is 119 cm³/mol.